The number of allylic oxidation sites excluding steroid dienone is 9. The summed E-state index contributed by atoms with van der Waals surface area (Å²) in [6.07, 6.45) is 28.1. The maximum absolute atomic E-state index is 6.00. The van der Waals surface area contributed by atoms with Gasteiger partial charge in [-0.3, -0.25) is 0 Å². The van der Waals surface area contributed by atoms with Crippen molar-refractivity contribution in [3.8, 4) is 0 Å². The van der Waals surface area contributed by atoms with Crippen LogP contribution in [0.2, 0.25) is 0 Å². The molecule has 0 bridgehead atoms. The second-order valence-corrected chi connectivity index (χ2v) is 5.36. The van der Waals surface area contributed by atoms with Gasteiger partial charge in [0.25, 0.3) is 0 Å². The molecule has 0 amide bonds. The molecule has 0 saturated heterocycles. The standard InChI is InChI=1S/C20H33N/c1-3-5-6-7-8-9-10-11-12-13-14-15-16-17-19-20(21)18-4-2/h3,5-12,20H,1,4,13-19,21H2,2H3. The zero-order valence-electron chi connectivity index (χ0n) is 13.7. The summed E-state index contributed by atoms with van der Waals surface area (Å²) in [4.78, 5) is 0. The minimum Gasteiger partial charge on any atom is -0.328 e. The summed E-state index contributed by atoms with van der Waals surface area (Å²) in [5.74, 6) is 0. The van der Waals surface area contributed by atoms with Crippen LogP contribution in [0.5, 0.6) is 0 Å². The molecular weight excluding hydrogens is 254 g/mol. The molecule has 0 aromatic carbocycles. The second kappa shape index (κ2) is 16.7. The molecular formula is C20H33N. The fourth-order valence-electron chi connectivity index (χ4n) is 2.11. The first-order valence-corrected chi connectivity index (χ1v) is 8.34. The Morgan fingerprint density at radius 3 is 2.10 bits per heavy atom. The van der Waals surface area contributed by atoms with Crippen molar-refractivity contribution < 1.29 is 0 Å². The Morgan fingerprint density at radius 2 is 1.43 bits per heavy atom. The molecule has 0 heterocycles. The summed E-state index contributed by atoms with van der Waals surface area (Å²) in [5.41, 5.74) is 6.00. The summed E-state index contributed by atoms with van der Waals surface area (Å²) >= 11 is 0. The van der Waals surface area contributed by atoms with E-state index < -0.39 is 0 Å². The highest BCUT2D eigenvalue weighted by atomic mass is 14.6. The van der Waals surface area contributed by atoms with Gasteiger partial charge in [-0.15, -0.1) is 0 Å². The van der Waals surface area contributed by atoms with Gasteiger partial charge < -0.3 is 5.73 Å². The van der Waals surface area contributed by atoms with Crippen LogP contribution in [0.4, 0.5) is 0 Å². The molecule has 0 aliphatic rings. The first kappa shape index (κ1) is 19.7. The maximum Gasteiger partial charge on any atom is 0.00387 e. The summed E-state index contributed by atoms with van der Waals surface area (Å²) in [6.45, 7) is 5.82. The van der Waals surface area contributed by atoms with Crippen molar-refractivity contribution >= 4 is 0 Å². The SMILES string of the molecule is C=CC=CC=CC=CC=CCCCCCCC(N)CCC. The van der Waals surface area contributed by atoms with Crippen LogP contribution in [0.3, 0.4) is 0 Å². The largest absolute Gasteiger partial charge is 0.328 e. The van der Waals surface area contributed by atoms with Crippen LogP contribution < -0.4 is 5.73 Å². The molecule has 0 rings (SSSR count). The van der Waals surface area contributed by atoms with Crippen molar-refractivity contribution in [1.82, 2.24) is 0 Å². The van der Waals surface area contributed by atoms with E-state index in [0.29, 0.717) is 6.04 Å². The van der Waals surface area contributed by atoms with E-state index in [-0.39, 0.29) is 0 Å². The van der Waals surface area contributed by atoms with E-state index >= 15 is 0 Å². The van der Waals surface area contributed by atoms with Crippen LogP contribution in [0.1, 0.15) is 58.3 Å². The highest BCUT2D eigenvalue weighted by Crippen LogP contribution is 2.09. The first-order valence-electron chi connectivity index (χ1n) is 8.34. The number of hydrogen-bond donors (Lipinski definition) is 1. The molecule has 0 spiro atoms. The smallest absolute Gasteiger partial charge is 0.00387 e. The molecule has 0 aromatic rings. The summed E-state index contributed by atoms with van der Waals surface area (Å²) in [7, 11) is 0. The molecule has 21 heavy (non-hydrogen) atoms. The van der Waals surface area contributed by atoms with Gasteiger partial charge in [0.15, 0.2) is 0 Å². The Morgan fingerprint density at radius 1 is 0.810 bits per heavy atom. The van der Waals surface area contributed by atoms with E-state index in [1.165, 1.54) is 51.4 Å². The van der Waals surface area contributed by atoms with Crippen molar-refractivity contribution in [2.24, 2.45) is 5.73 Å². The molecule has 2 N–H and O–H groups in total. The molecule has 0 fully saturated rings. The summed E-state index contributed by atoms with van der Waals surface area (Å²) < 4.78 is 0. The predicted molar refractivity (Wildman–Crippen MR) is 97.3 cm³/mol. The lowest BCUT2D eigenvalue weighted by Gasteiger charge is -2.09. The molecule has 1 heteroatoms. The van der Waals surface area contributed by atoms with Crippen molar-refractivity contribution in [2.45, 2.75) is 64.3 Å². The highest BCUT2D eigenvalue weighted by Gasteiger charge is 1.99. The molecule has 0 aliphatic heterocycles. The molecule has 1 nitrogen and oxygen atoms in total. The third kappa shape index (κ3) is 16.6. The molecule has 0 radical (unpaired) electrons. The van der Waals surface area contributed by atoms with Gasteiger partial charge in [0.05, 0.1) is 0 Å². The lowest BCUT2D eigenvalue weighted by Crippen LogP contribution is -2.18. The lowest BCUT2D eigenvalue weighted by molar-refractivity contribution is 0.514. The van der Waals surface area contributed by atoms with Crippen LogP contribution in [0.15, 0.2) is 61.3 Å². The van der Waals surface area contributed by atoms with Gasteiger partial charge in [0, 0.05) is 6.04 Å². The summed E-state index contributed by atoms with van der Waals surface area (Å²) in [6, 6.07) is 0.425. The minimum atomic E-state index is 0.425. The maximum atomic E-state index is 6.00. The molecule has 1 unspecified atom stereocenters. The number of hydrogen-bond acceptors (Lipinski definition) is 1. The van der Waals surface area contributed by atoms with Gasteiger partial charge in [-0.25, -0.2) is 0 Å². The monoisotopic (exact) mass is 287 g/mol. The van der Waals surface area contributed by atoms with Crippen molar-refractivity contribution in [1.29, 1.82) is 0 Å². The highest BCUT2D eigenvalue weighted by molar-refractivity contribution is 5.17. The van der Waals surface area contributed by atoms with Crippen LogP contribution in [-0.2, 0) is 0 Å². The molecule has 0 aliphatic carbocycles. The Balaban J connectivity index is 3.40. The Hall–Kier alpha value is -1.34. The van der Waals surface area contributed by atoms with Crippen LogP contribution in [0.25, 0.3) is 0 Å². The topological polar surface area (TPSA) is 26.0 Å². The minimum absolute atomic E-state index is 0.425. The Labute approximate surface area is 132 Å². The van der Waals surface area contributed by atoms with Crippen molar-refractivity contribution in [3.63, 3.8) is 0 Å². The average molecular weight is 287 g/mol. The molecule has 118 valence electrons. The molecule has 0 aromatic heterocycles. The third-order valence-electron chi connectivity index (χ3n) is 3.29. The molecule has 1 atom stereocenters. The van der Waals surface area contributed by atoms with Gasteiger partial charge in [0.2, 0.25) is 0 Å². The first-order chi connectivity index (χ1) is 10.3. The Bertz CT molecular complexity index is 334. The van der Waals surface area contributed by atoms with E-state index in [1.54, 1.807) is 6.08 Å². The van der Waals surface area contributed by atoms with E-state index in [2.05, 4.69) is 31.7 Å². The van der Waals surface area contributed by atoms with E-state index in [1.807, 2.05) is 30.4 Å². The van der Waals surface area contributed by atoms with Crippen molar-refractivity contribution in [3.05, 3.63) is 61.3 Å². The fourth-order valence-corrected chi connectivity index (χ4v) is 2.11. The number of rotatable bonds is 13. The van der Waals surface area contributed by atoms with E-state index in [0.717, 1.165) is 0 Å². The van der Waals surface area contributed by atoms with Crippen LogP contribution in [-0.4, -0.2) is 6.04 Å². The quantitative estimate of drug-likeness (QED) is 0.333. The van der Waals surface area contributed by atoms with Crippen molar-refractivity contribution in [2.75, 3.05) is 0 Å². The summed E-state index contributed by atoms with van der Waals surface area (Å²) in [5, 5.41) is 0. The van der Waals surface area contributed by atoms with Gasteiger partial charge >= 0.3 is 0 Å². The Kier molecular flexibility index (Phi) is 15.6. The lowest BCUT2D eigenvalue weighted by atomic mass is 10.0. The average Bonchev–Trinajstić information content (AvgIpc) is 2.48. The van der Waals surface area contributed by atoms with Gasteiger partial charge in [-0.1, -0.05) is 93.9 Å². The number of unbranched alkanes of at least 4 members (excludes halogenated alkanes) is 4. The normalized spacial score (nSPS) is 14.0. The molecule has 0 saturated carbocycles. The third-order valence-corrected chi connectivity index (χ3v) is 3.29. The zero-order chi connectivity index (χ0) is 15.6. The van der Waals surface area contributed by atoms with Gasteiger partial charge in [-0.2, -0.15) is 0 Å². The van der Waals surface area contributed by atoms with Crippen LogP contribution >= 0.6 is 0 Å². The van der Waals surface area contributed by atoms with Gasteiger partial charge in [0.1, 0.15) is 0 Å². The zero-order valence-corrected chi connectivity index (χ0v) is 13.7. The fraction of sp³-hybridized carbons (Fsp3) is 0.500. The number of nitrogens with two attached hydrogens (primary N) is 1. The van der Waals surface area contributed by atoms with Gasteiger partial charge in [-0.05, 0) is 25.7 Å². The second-order valence-electron chi connectivity index (χ2n) is 5.36. The predicted octanol–water partition coefficient (Wildman–Crippen LogP) is 5.87. The van der Waals surface area contributed by atoms with E-state index in [9.17, 15) is 0 Å². The van der Waals surface area contributed by atoms with E-state index in [4.69, 9.17) is 5.73 Å². The van der Waals surface area contributed by atoms with Crippen LogP contribution in [0, 0.1) is 0 Å².